The summed E-state index contributed by atoms with van der Waals surface area (Å²) in [5.74, 6) is -1.51. The van der Waals surface area contributed by atoms with Crippen LogP contribution in [0.3, 0.4) is 0 Å². The molecule has 2 N–H and O–H groups in total. The third-order valence-electron chi connectivity index (χ3n) is 3.42. The highest BCUT2D eigenvalue weighted by Crippen LogP contribution is 2.33. The van der Waals surface area contributed by atoms with Crippen LogP contribution in [0.15, 0.2) is 58.3 Å². The van der Waals surface area contributed by atoms with Gasteiger partial charge in [-0.15, -0.1) is 0 Å². The number of carbonyl (C=O) groups is 1. The normalized spacial score (nSPS) is 14.1. The van der Waals surface area contributed by atoms with E-state index < -0.39 is 17.7 Å². The Bertz CT molecular complexity index is 730. The summed E-state index contributed by atoms with van der Waals surface area (Å²) < 4.78 is 38.0. The molecule has 0 unspecified atom stereocenters. The number of alkyl halides is 3. The van der Waals surface area contributed by atoms with Crippen molar-refractivity contribution in [2.75, 3.05) is 5.32 Å². The van der Waals surface area contributed by atoms with Gasteiger partial charge in [-0.25, -0.2) is 0 Å². The number of rotatable bonds is 4. The molecule has 128 valence electrons. The van der Waals surface area contributed by atoms with Crippen molar-refractivity contribution < 1.29 is 23.1 Å². The lowest BCUT2D eigenvalue weighted by atomic mass is 10.1. The lowest BCUT2D eigenvalue weighted by Crippen LogP contribution is -2.52. The van der Waals surface area contributed by atoms with Crippen LogP contribution in [0.1, 0.15) is 12.5 Å². The summed E-state index contributed by atoms with van der Waals surface area (Å²) >= 11 is 1.50. The molecule has 0 aliphatic heterocycles. The SMILES string of the molecule is Cc1cc(Sc2ccccc2)ccc1NC(=O)[C@@](C)(O)C(F)(F)F. The van der Waals surface area contributed by atoms with Crippen LogP contribution in [0.2, 0.25) is 0 Å². The van der Waals surface area contributed by atoms with E-state index >= 15 is 0 Å². The molecule has 2 aromatic carbocycles. The van der Waals surface area contributed by atoms with Crippen LogP contribution in [-0.2, 0) is 4.79 Å². The van der Waals surface area contributed by atoms with Gasteiger partial charge in [0.05, 0.1) is 0 Å². The number of hydrogen-bond acceptors (Lipinski definition) is 3. The molecule has 24 heavy (non-hydrogen) atoms. The number of aryl methyl sites for hydroxylation is 1. The number of benzene rings is 2. The number of aliphatic hydroxyl groups is 1. The van der Waals surface area contributed by atoms with Gasteiger partial charge < -0.3 is 10.4 Å². The number of hydrogen-bond donors (Lipinski definition) is 2. The van der Waals surface area contributed by atoms with Crippen molar-refractivity contribution in [3.8, 4) is 0 Å². The number of nitrogens with one attached hydrogen (secondary N) is 1. The van der Waals surface area contributed by atoms with Crippen molar-refractivity contribution in [2.24, 2.45) is 0 Å². The third kappa shape index (κ3) is 4.10. The molecule has 1 atom stereocenters. The summed E-state index contributed by atoms with van der Waals surface area (Å²) in [6.07, 6.45) is -5.05. The first-order chi connectivity index (χ1) is 11.1. The van der Waals surface area contributed by atoms with Crippen molar-refractivity contribution in [1.29, 1.82) is 0 Å². The van der Waals surface area contributed by atoms with Crippen LogP contribution in [0.25, 0.3) is 0 Å². The zero-order valence-corrected chi connectivity index (χ0v) is 13.8. The Morgan fingerprint density at radius 2 is 1.71 bits per heavy atom. The fourth-order valence-corrected chi connectivity index (χ4v) is 2.77. The molecule has 0 saturated heterocycles. The zero-order valence-electron chi connectivity index (χ0n) is 13.0. The van der Waals surface area contributed by atoms with Gasteiger partial charge in [0.1, 0.15) is 0 Å². The molecule has 0 fully saturated rings. The predicted molar refractivity (Wildman–Crippen MR) is 87.1 cm³/mol. The first-order valence-corrected chi connectivity index (χ1v) is 7.87. The van der Waals surface area contributed by atoms with Gasteiger partial charge in [-0.2, -0.15) is 13.2 Å². The highest BCUT2D eigenvalue weighted by molar-refractivity contribution is 7.99. The summed E-state index contributed by atoms with van der Waals surface area (Å²) in [5, 5.41) is 11.5. The van der Waals surface area contributed by atoms with Gasteiger partial charge in [-0.3, -0.25) is 4.79 Å². The van der Waals surface area contributed by atoms with Gasteiger partial charge in [0, 0.05) is 15.5 Å². The second-order valence-electron chi connectivity index (χ2n) is 5.42. The molecule has 0 bridgehead atoms. The van der Waals surface area contributed by atoms with Gasteiger partial charge in [-0.05, 0) is 49.7 Å². The standard InChI is InChI=1S/C17H16F3NO2S/c1-11-10-13(24-12-6-4-3-5-7-12)8-9-14(11)21-15(22)16(2,23)17(18,19)20/h3-10,23H,1-2H3,(H,21,22)/t16-/m1/s1. The van der Waals surface area contributed by atoms with E-state index in [0.717, 1.165) is 9.79 Å². The van der Waals surface area contributed by atoms with E-state index in [2.05, 4.69) is 5.32 Å². The fourth-order valence-electron chi connectivity index (χ4n) is 1.84. The van der Waals surface area contributed by atoms with Crippen LogP contribution < -0.4 is 5.32 Å². The Hall–Kier alpha value is -1.99. The van der Waals surface area contributed by atoms with Gasteiger partial charge in [0.2, 0.25) is 5.60 Å². The molecule has 1 amide bonds. The highest BCUT2D eigenvalue weighted by Gasteiger charge is 2.55. The summed E-state index contributed by atoms with van der Waals surface area (Å²) in [6, 6.07) is 14.6. The molecule has 2 aromatic rings. The summed E-state index contributed by atoms with van der Waals surface area (Å²) in [6.45, 7) is 2.10. The maximum absolute atomic E-state index is 12.7. The molecule has 0 heterocycles. The van der Waals surface area contributed by atoms with Crippen LogP contribution >= 0.6 is 11.8 Å². The number of anilines is 1. The van der Waals surface area contributed by atoms with Crippen molar-refractivity contribution in [3.05, 3.63) is 54.1 Å². The quantitative estimate of drug-likeness (QED) is 0.855. The van der Waals surface area contributed by atoms with E-state index in [1.807, 2.05) is 30.3 Å². The molecule has 2 rings (SSSR count). The monoisotopic (exact) mass is 355 g/mol. The fraction of sp³-hybridized carbons (Fsp3) is 0.235. The zero-order chi connectivity index (χ0) is 18.0. The minimum absolute atomic E-state index is 0.224. The van der Waals surface area contributed by atoms with Crippen LogP contribution in [-0.4, -0.2) is 22.8 Å². The van der Waals surface area contributed by atoms with Crippen LogP contribution in [0, 0.1) is 6.92 Å². The average molecular weight is 355 g/mol. The maximum atomic E-state index is 12.7. The Kier molecular flexibility index (Phi) is 5.25. The maximum Gasteiger partial charge on any atom is 0.426 e. The highest BCUT2D eigenvalue weighted by atomic mass is 32.2. The van der Waals surface area contributed by atoms with Gasteiger partial charge in [-0.1, -0.05) is 30.0 Å². The first kappa shape index (κ1) is 18.4. The summed E-state index contributed by atoms with van der Waals surface area (Å²) in [5.41, 5.74) is -2.62. The molecule has 0 spiro atoms. The Labute approximate surface area is 141 Å². The molecule has 7 heteroatoms. The molecule has 0 aliphatic rings. The Balaban J connectivity index is 2.14. The van der Waals surface area contributed by atoms with E-state index in [1.165, 1.54) is 17.8 Å². The lowest BCUT2D eigenvalue weighted by molar-refractivity contribution is -0.242. The predicted octanol–water partition coefficient (Wildman–Crippen LogP) is 4.40. The molecule has 0 aromatic heterocycles. The van der Waals surface area contributed by atoms with Gasteiger partial charge in [0.25, 0.3) is 5.91 Å². The molecule has 0 radical (unpaired) electrons. The minimum Gasteiger partial charge on any atom is -0.373 e. The van der Waals surface area contributed by atoms with E-state index in [0.29, 0.717) is 12.5 Å². The van der Waals surface area contributed by atoms with Crippen molar-refractivity contribution in [3.63, 3.8) is 0 Å². The smallest absolute Gasteiger partial charge is 0.373 e. The van der Waals surface area contributed by atoms with Crippen LogP contribution in [0.5, 0.6) is 0 Å². The van der Waals surface area contributed by atoms with Gasteiger partial charge in [0.15, 0.2) is 0 Å². The van der Waals surface area contributed by atoms with Gasteiger partial charge >= 0.3 is 6.18 Å². The number of carbonyl (C=O) groups excluding carboxylic acids is 1. The molecule has 3 nitrogen and oxygen atoms in total. The minimum atomic E-state index is -5.05. The largest absolute Gasteiger partial charge is 0.426 e. The summed E-state index contributed by atoms with van der Waals surface area (Å²) in [4.78, 5) is 13.6. The van der Waals surface area contributed by atoms with E-state index in [-0.39, 0.29) is 5.69 Å². The van der Waals surface area contributed by atoms with Crippen molar-refractivity contribution >= 4 is 23.4 Å². The second kappa shape index (κ2) is 6.86. The first-order valence-electron chi connectivity index (χ1n) is 7.05. The van der Waals surface area contributed by atoms with Crippen molar-refractivity contribution in [1.82, 2.24) is 0 Å². The lowest BCUT2D eigenvalue weighted by Gasteiger charge is -2.25. The molecular formula is C17H16F3NO2S. The van der Waals surface area contributed by atoms with E-state index in [4.69, 9.17) is 0 Å². The van der Waals surface area contributed by atoms with Crippen LogP contribution in [0.4, 0.5) is 18.9 Å². The molecule has 0 aliphatic carbocycles. The van der Waals surface area contributed by atoms with Crippen molar-refractivity contribution in [2.45, 2.75) is 35.4 Å². The topological polar surface area (TPSA) is 49.3 Å². The summed E-state index contributed by atoms with van der Waals surface area (Å²) in [7, 11) is 0. The second-order valence-corrected chi connectivity index (χ2v) is 6.56. The Morgan fingerprint density at radius 1 is 1.08 bits per heavy atom. The Morgan fingerprint density at radius 3 is 2.25 bits per heavy atom. The third-order valence-corrected chi connectivity index (χ3v) is 4.42. The number of halogens is 3. The number of amides is 1. The van der Waals surface area contributed by atoms with E-state index in [9.17, 15) is 23.1 Å². The molecular weight excluding hydrogens is 339 g/mol. The molecule has 0 saturated carbocycles. The van der Waals surface area contributed by atoms with E-state index in [1.54, 1.807) is 19.1 Å². The average Bonchev–Trinajstić information content (AvgIpc) is 2.49.